The molecule has 1 saturated heterocycles. The van der Waals surface area contributed by atoms with E-state index >= 15 is 0 Å². The first-order valence-electron chi connectivity index (χ1n) is 4.92. The molecular formula is C8H20IN4+. The Morgan fingerprint density at radius 3 is 2.38 bits per heavy atom. The predicted octanol–water partition coefficient (Wildman–Crippen LogP) is 0.564. The van der Waals surface area contributed by atoms with E-state index in [1.165, 1.54) is 32.5 Å². The van der Waals surface area contributed by atoms with E-state index < -0.39 is 0 Å². The van der Waals surface area contributed by atoms with Gasteiger partial charge in [-0.2, -0.15) is 0 Å². The molecule has 78 valence electrons. The molecule has 0 amide bonds. The van der Waals surface area contributed by atoms with Crippen LogP contribution >= 0.6 is 22.9 Å². The minimum atomic E-state index is 0.646. The summed E-state index contributed by atoms with van der Waals surface area (Å²) in [5, 5.41) is 0. The number of hydrazine groups is 1. The molecule has 1 rings (SSSR count). The van der Waals surface area contributed by atoms with Gasteiger partial charge in [0.1, 0.15) is 0 Å². The van der Waals surface area contributed by atoms with Crippen molar-refractivity contribution in [1.29, 1.82) is 0 Å². The van der Waals surface area contributed by atoms with Crippen molar-refractivity contribution in [2.75, 3.05) is 26.7 Å². The fourth-order valence-electron chi connectivity index (χ4n) is 1.87. The number of piperidine rings is 1. The Bertz CT molecular complexity index is 139. The van der Waals surface area contributed by atoms with E-state index in [2.05, 4.69) is 44.3 Å². The molecule has 0 saturated carbocycles. The maximum absolute atomic E-state index is 3.39. The maximum atomic E-state index is 3.39. The molecule has 1 fully saturated rings. The fraction of sp³-hybridized carbons (Fsp3) is 1.00. The second kappa shape index (κ2) is 5.45. The van der Waals surface area contributed by atoms with Gasteiger partial charge in [-0.3, -0.25) is 10.9 Å². The summed E-state index contributed by atoms with van der Waals surface area (Å²) in [4.78, 5) is 0. The van der Waals surface area contributed by atoms with Gasteiger partial charge in [0.15, 0.2) is 0 Å². The highest BCUT2D eigenvalue weighted by Gasteiger charge is 2.31. The molecule has 0 aliphatic carbocycles. The lowest BCUT2D eigenvalue weighted by molar-refractivity contribution is -0.954. The van der Waals surface area contributed by atoms with Crippen LogP contribution in [0.2, 0.25) is 0 Å². The Hall–Kier alpha value is 0.570. The highest BCUT2D eigenvalue weighted by Crippen LogP contribution is 2.16. The Kier molecular flexibility index (Phi) is 4.88. The zero-order valence-corrected chi connectivity index (χ0v) is 10.6. The van der Waals surface area contributed by atoms with Gasteiger partial charge in [0, 0.05) is 18.9 Å². The number of halogens is 1. The Labute approximate surface area is 94.5 Å². The smallest absolute Gasteiger partial charge is 0.0984 e. The number of nitrogens with zero attached hydrogens (tertiary/aromatic N) is 1. The third-order valence-electron chi connectivity index (χ3n) is 2.94. The van der Waals surface area contributed by atoms with Crippen molar-refractivity contribution in [3.63, 3.8) is 0 Å². The van der Waals surface area contributed by atoms with Crippen LogP contribution in [-0.4, -0.2) is 37.3 Å². The molecule has 0 aromatic carbocycles. The van der Waals surface area contributed by atoms with Crippen LogP contribution in [0.1, 0.15) is 19.8 Å². The molecule has 13 heavy (non-hydrogen) atoms. The van der Waals surface area contributed by atoms with Gasteiger partial charge in [0.05, 0.1) is 42.5 Å². The SMILES string of the molecule is CC[N+]1(NI)CCC(NNC)CC1. The third-order valence-corrected chi connectivity index (χ3v) is 3.97. The summed E-state index contributed by atoms with van der Waals surface area (Å²) in [5.74, 6) is 0. The van der Waals surface area contributed by atoms with E-state index in [9.17, 15) is 0 Å². The standard InChI is InChI=1S/C8H20IN4/c1-3-13(12-9)6-4-8(5-7-13)11-10-2/h8,10-12H,3-7H2,1-2H3/q+1. The molecule has 0 unspecified atom stereocenters. The number of nitrogens with one attached hydrogen (secondary N) is 3. The van der Waals surface area contributed by atoms with Gasteiger partial charge in [-0.15, -0.1) is 3.64 Å². The van der Waals surface area contributed by atoms with Gasteiger partial charge >= 0.3 is 0 Å². The first-order chi connectivity index (χ1) is 6.26. The Morgan fingerprint density at radius 2 is 2.00 bits per heavy atom. The molecule has 5 heteroatoms. The van der Waals surface area contributed by atoms with Crippen molar-refractivity contribution in [3.8, 4) is 0 Å². The largest absolute Gasteiger partial charge is 0.261 e. The van der Waals surface area contributed by atoms with Gasteiger partial charge in [-0.05, 0) is 14.0 Å². The summed E-state index contributed by atoms with van der Waals surface area (Å²) in [6.45, 7) is 5.87. The summed E-state index contributed by atoms with van der Waals surface area (Å²) < 4.78 is 4.45. The lowest BCUT2D eigenvalue weighted by atomic mass is 10.1. The van der Waals surface area contributed by atoms with Crippen LogP contribution in [0.25, 0.3) is 0 Å². The number of quaternary nitrogens is 1. The molecule has 1 aliphatic rings. The molecule has 1 aliphatic heterocycles. The predicted molar refractivity (Wildman–Crippen MR) is 62.9 cm³/mol. The van der Waals surface area contributed by atoms with Crippen molar-refractivity contribution in [2.24, 2.45) is 0 Å². The lowest BCUT2D eigenvalue weighted by Gasteiger charge is -2.40. The third kappa shape index (κ3) is 3.02. The zero-order chi connectivity index (χ0) is 9.73. The van der Waals surface area contributed by atoms with Crippen LogP contribution in [0.15, 0.2) is 0 Å². The van der Waals surface area contributed by atoms with Crippen molar-refractivity contribution < 1.29 is 4.59 Å². The Morgan fingerprint density at radius 1 is 1.38 bits per heavy atom. The number of hydrogen-bond donors (Lipinski definition) is 3. The van der Waals surface area contributed by atoms with Crippen LogP contribution in [0.3, 0.4) is 0 Å². The molecule has 0 bridgehead atoms. The van der Waals surface area contributed by atoms with E-state index in [4.69, 9.17) is 0 Å². The van der Waals surface area contributed by atoms with E-state index in [1.807, 2.05) is 7.05 Å². The van der Waals surface area contributed by atoms with Gasteiger partial charge in [-0.25, -0.2) is 4.59 Å². The molecule has 4 nitrogen and oxygen atoms in total. The van der Waals surface area contributed by atoms with E-state index in [0.717, 1.165) is 4.59 Å². The van der Waals surface area contributed by atoms with Crippen molar-refractivity contribution in [3.05, 3.63) is 0 Å². The van der Waals surface area contributed by atoms with Crippen molar-refractivity contribution in [1.82, 2.24) is 14.5 Å². The second-order valence-corrected chi connectivity index (χ2v) is 4.14. The first kappa shape index (κ1) is 11.6. The van der Waals surface area contributed by atoms with Crippen LogP contribution in [0.4, 0.5) is 0 Å². The van der Waals surface area contributed by atoms with Gasteiger partial charge in [0.2, 0.25) is 0 Å². The molecular weight excluding hydrogens is 279 g/mol. The van der Waals surface area contributed by atoms with E-state index in [-0.39, 0.29) is 0 Å². The lowest BCUT2D eigenvalue weighted by Crippen LogP contribution is -2.61. The fourth-order valence-corrected chi connectivity index (χ4v) is 2.69. The number of hydrogen-bond acceptors (Lipinski definition) is 3. The van der Waals surface area contributed by atoms with Crippen LogP contribution in [0.5, 0.6) is 0 Å². The van der Waals surface area contributed by atoms with E-state index in [1.54, 1.807) is 0 Å². The van der Waals surface area contributed by atoms with Gasteiger partial charge in [-0.1, -0.05) is 0 Å². The molecule has 0 spiro atoms. The summed E-state index contributed by atoms with van der Waals surface area (Å²) in [5.41, 5.74) is 6.30. The Balaban J connectivity index is 2.36. The van der Waals surface area contributed by atoms with Crippen molar-refractivity contribution in [2.45, 2.75) is 25.8 Å². The molecule has 0 aromatic rings. The zero-order valence-electron chi connectivity index (χ0n) is 8.44. The van der Waals surface area contributed by atoms with Crippen LogP contribution < -0.4 is 14.5 Å². The highest BCUT2D eigenvalue weighted by atomic mass is 127. The topological polar surface area (TPSA) is 36.1 Å². The quantitative estimate of drug-likeness (QED) is 0.307. The molecule has 0 radical (unpaired) electrons. The summed E-state index contributed by atoms with van der Waals surface area (Å²) >= 11 is 2.27. The number of rotatable bonds is 4. The summed E-state index contributed by atoms with van der Waals surface area (Å²) in [7, 11) is 1.94. The minimum absolute atomic E-state index is 0.646. The minimum Gasteiger partial charge on any atom is -0.261 e. The van der Waals surface area contributed by atoms with Gasteiger partial charge < -0.3 is 0 Å². The van der Waals surface area contributed by atoms with Crippen LogP contribution in [0, 0.1) is 0 Å². The molecule has 1 heterocycles. The average Bonchev–Trinajstić information content (AvgIpc) is 2.20. The average molecular weight is 299 g/mol. The number of likely N-dealkylation sites (tertiary alicyclic amines) is 1. The molecule has 0 aromatic heterocycles. The summed E-state index contributed by atoms with van der Waals surface area (Å²) in [6, 6.07) is 0.646. The summed E-state index contributed by atoms with van der Waals surface area (Å²) in [6.07, 6.45) is 2.48. The monoisotopic (exact) mass is 299 g/mol. The van der Waals surface area contributed by atoms with Gasteiger partial charge in [0.25, 0.3) is 0 Å². The van der Waals surface area contributed by atoms with Crippen molar-refractivity contribution >= 4 is 22.9 Å². The molecule has 3 N–H and O–H groups in total. The van der Waals surface area contributed by atoms with Crippen LogP contribution in [-0.2, 0) is 0 Å². The van der Waals surface area contributed by atoms with E-state index in [0.29, 0.717) is 6.04 Å². The maximum Gasteiger partial charge on any atom is 0.0984 e. The molecule has 0 atom stereocenters. The first-order valence-corrected chi connectivity index (χ1v) is 6.00. The highest BCUT2D eigenvalue weighted by molar-refractivity contribution is 14.1. The second-order valence-electron chi connectivity index (χ2n) is 3.66. The normalized spacial score (nSPS) is 34.8.